The number of imidazole rings is 1. The molecule has 9 nitrogen and oxygen atoms in total. The molecule has 0 aliphatic rings. The minimum atomic E-state index is -1.08. The Morgan fingerprint density at radius 3 is 2.58 bits per heavy atom. The number of benzene rings is 2. The third-order valence-electron chi connectivity index (χ3n) is 4.91. The molecule has 31 heavy (non-hydrogen) atoms. The molecule has 0 bridgehead atoms. The van der Waals surface area contributed by atoms with Gasteiger partial charge in [0.1, 0.15) is 11.3 Å². The first kappa shape index (κ1) is 20.3. The molecule has 158 valence electrons. The van der Waals surface area contributed by atoms with Gasteiger partial charge in [-0.1, -0.05) is 24.3 Å². The van der Waals surface area contributed by atoms with E-state index >= 15 is 0 Å². The van der Waals surface area contributed by atoms with E-state index in [0.29, 0.717) is 22.6 Å². The molecule has 0 fully saturated rings. The van der Waals surface area contributed by atoms with Crippen LogP contribution in [0.2, 0.25) is 0 Å². The average Bonchev–Trinajstić information content (AvgIpc) is 3.08. The van der Waals surface area contributed by atoms with Crippen LogP contribution in [0.1, 0.15) is 29.9 Å². The molecular weight excluding hydrogens is 398 g/mol. The summed E-state index contributed by atoms with van der Waals surface area (Å²) in [4.78, 5) is 36.4. The highest BCUT2D eigenvalue weighted by atomic mass is 16.5. The van der Waals surface area contributed by atoms with E-state index in [-0.39, 0.29) is 22.7 Å². The average molecular weight is 419 g/mol. The third-order valence-corrected chi connectivity index (χ3v) is 4.91. The second kappa shape index (κ2) is 7.37. The fourth-order valence-corrected chi connectivity index (χ4v) is 3.32. The van der Waals surface area contributed by atoms with Gasteiger partial charge in [-0.3, -0.25) is 4.79 Å². The van der Waals surface area contributed by atoms with Crippen molar-refractivity contribution in [3.63, 3.8) is 0 Å². The van der Waals surface area contributed by atoms with Gasteiger partial charge in [-0.05, 0) is 37.6 Å². The van der Waals surface area contributed by atoms with Gasteiger partial charge in [-0.15, -0.1) is 0 Å². The molecule has 2 heterocycles. The molecule has 4 N–H and O–H groups in total. The van der Waals surface area contributed by atoms with Crippen molar-refractivity contribution in [1.82, 2.24) is 19.5 Å². The van der Waals surface area contributed by atoms with Gasteiger partial charge in [-0.25, -0.2) is 19.3 Å². The lowest BCUT2D eigenvalue weighted by Crippen LogP contribution is -2.16. The summed E-state index contributed by atoms with van der Waals surface area (Å²) in [7, 11) is 1.53. The maximum atomic E-state index is 12.8. The Hall–Kier alpha value is -3.98. The molecule has 0 spiro atoms. The maximum Gasteiger partial charge on any atom is 0.332 e. The van der Waals surface area contributed by atoms with Crippen LogP contribution in [-0.2, 0) is 5.60 Å². The number of carbonyl (C=O) groups is 1. The molecule has 2 aromatic carbocycles. The number of aromatic amines is 1. The lowest BCUT2D eigenvalue weighted by atomic mass is 9.96. The highest BCUT2D eigenvalue weighted by Crippen LogP contribution is 2.27. The number of H-pyrrole nitrogens is 1. The van der Waals surface area contributed by atoms with Crippen LogP contribution in [0.25, 0.3) is 28.2 Å². The minimum absolute atomic E-state index is 0.104. The summed E-state index contributed by atoms with van der Waals surface area (Å²) in [6.45, 7) is 3.33. The van der Waals surface area contributed by atoms with Crippen molar-refractivity contribution in [3.05, 3.63) is 70.3 Å². The minimum Gasteiger partial charge on any atom is -0.497 e. The zero-order chi connectivity index (χ0) is 22.3. The third kappa shape index (κ3) is 3.66. The standard InChI is InChI=1S/C22H21N5O4/c1-22(2,30)13-7-4-6-12(10-13)19-24-16(18(23)28)17-20(26-19)27(21(29)25-17)14-8-5-9-15(11-14)31-3/h4-11,30H,1-3H3,(H2,23,28)(H,25,29). The molecule has 0 unspecified atom stereocenters. The molecule has 4 rings (SSSR count). The van der Waals surface area contributed by atoms with Crippen LogP contribution < -0.4 is 16.2 Å². The van der Waals surface area contributed by atoms with Crippen molar-refractivity contribution >= 4 is 17.1 Å². The Kier molecular flexibility index (Phi) is 4.82. The Morgan fingerprint density at radius 2 is 1.90 bits per heavy atom. The second-order valence-electron chi connectivity index (χ2n) is 7.57. The monoisotopic (exact) mass is 419 g/mol. The summed E-state index contributed by atoms with van der Waals surface area (Å²) in [5, 5.41) is 10.3. The fourth-order valence-electron chi connectivity index (χ4n) is 3.32. The molecule has 0 aliphatic heterocycles. The van der Waals surface area contributed by atoms with Crippen LogP contribution in [-0.4, -0.2) is 37.6 Å². The van der Waals surface area contributed by atoms with Gasteiger partial charge in [0.2, 0.25) is 0 Å². The lowest BCUT2D eigenvalue weighted by molar-refractivity contribution is 0.0786. The number of hydrogen-bond donors (Lipinski definition) is 3. The van der Waals surface area contributed by atoms with E-state index in [2.05, 4.69) is 15.0 Å². The van der Waals surface area contributed by atoms with Gasteiger partial charge in [0.05, 0.1) is 18.4 Å². The van der Waals surface area contributed by atoms with Crippen molar-refractivity contribution in [2.45, 2.75) is 19.4 Å². The number of aliphatic hydroxyl groups is 1. The first-order chi connectivity index (χ1) is 14.7. The van der Waals surface area contributed by atoms with E-state index in [9.17, 15) is 14.7 Å². The summed E-state index contributed by atoms with van der Waals surface area (Å²) in [5.41, 5.74) is 5.92. The SMILES string of the molecule is COc1cccc(-n2c(=O)[nH]c3c(C(N)=O)nc(-c4cccc(C(C)(C)O)c4)nc32)c1. The Labute approximate surface area is 177 Å². The van der Waals surface area contributed by atoms with E-state index < -0.39 is 17.2 Å². The second-order valence-corrected chi connectivity index (χ2v) is 7.57. The van der Waals surface area contributed by atoms with E-state index in [1.54, 1.807) is 62.4 Å². The number of carbonyl (C=O) groups excluding carboxylic acids is 1. The Bertz CT molecular complexity index is 1360. The van der Waals surface area contributed by atoms with Gasteiger partial charge in [0.25, 0.3) is 5.91 Å². The lowest BCUT2D eigenvalue weighted by Gasteiger charge is -2.18. The van der Waals surface area contributed by atoms with Crippen LogP contribution in [0.15, 0.2) is 53.3 Å². The predicted octanol–water partition coefficient (Wildman–Crippen LogP) is 2.11. The number of rotatable bonds is 5. The van der Waals surface area contributed by atoms with Crippen molar-refractivity contribution < 1.29 is 14.6 Å². The van der Waals surface area contributed by atoms with Crippen molar-refractivity contribution in [2.75, 3.05) is 7.11 Å². The van der Waals surface area contributed by atoms with Crippen molar-refractivity contribution in [1.29, 1.82) is 0 Å². The van der Waals surface area contributed by atoms with Crippen LogP contribution in [0.3, 0.4) is 0 Å². The van der Waals surface area contributed by atoms with Crippen LogP contribution >= 0.6 is 0 Å². The normalized spacial score (nSPS) is 11.6. The van der Waals surface area contributed by atoms with Crippen molar-refractivity contribution in [3.8, 4) is 22.8 Å². The Morgan fingerprint density at radius 1 is 1.16 bits per heavy atom. The van der Waals surface area contributed by atoms with E-state index in [1.165, 1.54) is 11.7 Å². The van der Waals surface area contributed by atoms with Gasteiger partial charge in [0, 0.05) is 11.6 Å². The van der Waals surface area contributed by atoms with Crippen LogP contribution in [0.5, 0.6) is 5.75 Å². The molecule has 0 aliphatic carbocycles. The molecule has 9 heteroatoms. The molecule has 0 saturated carbocycles. The van der Waals surface area contributed by atoms with E-state index in [1.807, 2.05) is 0 Å². The summed E-state index contributed by atoms with van der Waals surface area (Å²) >= 11 is 0. The van der Waals surface area contributed by atoms with Gasteiger partial charge in [-0.2, -0.15) is 0 Å². The number of nitrogens with two attached hydrogens (primary N) is 1. The smallest absolute Gasteiger partial charge is 0.332 e. The number of ether oxygens (including phenoxy) is 1. The number of methoxy groups -OCH3 is 1. The highest BCUT2D eigenvalue weighted by molar-refractivity contribution is 6.02. The molecule has 0 radical (unpaired) electrons. The number of primary amides is 1. The summed E-state index contributed by atoms with van der Waals surface area (Å²) in [5.74, 6) is -0.0459. The van der Waals surface area contributed by atoms with E-state index in [4.69, 9.17) is 10.5 Å². The predicted molar refractivity (Wildman–Crippen MR) is 115 cm³/mol. The topological polar surface area (TPSA) is 136 Å². The first-order valence-corrected chi connectivity index (χ1v) is 9.49. The summed E-state index contributed by atoms with van der Waals surface area (Å²) in [6, 6.07) is 13.9. The largest absolute Gasteiger partial charge is 0.497 e. The van der Waals surface area contributed by atoms with Crippen molar-refractivity contribution in [2.24, 2.45) is 5.73 Å². The number of nitrogens with zero attached hydrogens (tertiary/aromatic N) is 3. The molecule has 0 saturated heterocycles. The Balaban J connectivity index is 2.01. The number of fused-ring (bicyclic) bond motifs is 1. The van der Waals surface area contributed by atoms with Crippen LogP contribution in [0, 0.1) is 0 Å². The number of aromatic nitrogens is 4. The summed E-state index contributed by atoms with van der Waals surface area (Å²) in [6.07, 6.45) is 0. The zero-order valence-electron chi connectivity index (χ0n) is 17.2. The molecular formula is C22H21N5O4. The molecule has 1 amide bonds. The number of hydrogen-bond acceptors (Lipinski definition) is 6. The van der Waals surface area contributed by atoms with Gasteiger partial charge in [0.15, 0.2) is 17.2 Å². The zero-order valence-corrected chi connectivity index (χ0v) is 17.2. The van der Waals surface area contributed by atoms with Gasteiger partial charge < -0.3 is 20.6 Å². The number of amides is 1. The van der Waals surface area contributed by atoms with E-state index in [0.717, 1.165) is 0 Å². The highest BCUT2D eigenvalue weighted by Gasteiger charge is 2.22. The van der Waals surface area contributed by atoms with Gasteiger partial charge >= 0.3 is 5.69 Å². The first-order valence-electron chi connectivity index (χ1n) is 9.49. The molecule has 0 atom stereocenters. The quantitative estimate of drug-likeness (QED) is 0.453. The van der Waals surface area contributed by atoms with Crippen LogP contribution in [0.4, 0.5) is 0 Å². The fraction of sp³-hybridized carbons (Fsp3) is 0.182. The summed E-state index contributed by atoms with van der Waals surface area (Å²) < 4.78 is 6.58. The molecule has 2 aromatic heterocycles. The maximum absolute atomic E-state index is 12.8. The number of nitrogens with one attached hydrogen (secondary N) is 1. The molecule has 4 aromatic rings.